The van der Waals surface area contributed by atoms with Gasteiger partial charge in [-0.3, -0.25) is 9.69 Å². The molecule has 5 nitrogen and oxygen atoms in total. The van der Waals surface area contributed by atoms with Crippen LogP contribution in [0.15, 0.2) is 54.6 Å². The van der Waals surface area contributed by atoms with E-state index < -0.39 is 6.04 Å². The Balaban J connectivity index is 2.26. The molecule has 2 aromatic rings. The number of benzene rings is 2. The van der Waals surface area contributed by atoms with Crippen LogP contribution in [0.3, 0.4) is 0 Å². The first-order chi connectivity index (χ1) is 11.7. The number of carbonyl (C=O) groups is 1. The zero-order valence-corrected chi connectivity index (χ0v) is 14.0. The quantitative estimate of drug-likeness (QED) is 0.684. The highest BCUT2D eigenvalue weighted by Crippen LogP contribution is 2.23. The van der Waals surface area contributed by atoms with Gasteiger partial charge in [-0.1, -0.05) is 41.9 Å². The summed E-state index contributed by atoms with van der Waals surface area (Å²) in [4.78, 5) is 14.6. The van der Waals surface area contributed by atoms with E-state index >= 15 is 0 Å². The second kappa shape index (κ2) is 9.39. The van der Waals surface area contributed by atoms with Crippen LogP contribution < -0.4 is 5.32 Å². The van der Waals surface area contributed by atoms with Crippen LogP contribution in [0.25, 0.3) is 0 Å². The molecule has 0 aromatic heterocycles. The summed E-state index contributed by atoms with van der Waals surface area (Å²) in [5.74, 6) is -0.231. The lowest BCUT2D eigenvalue weighted by atomic mass is 10.0. The van der Waals surface area contributed by atoms with Gasteiger partial charge in [-0.05, 0) is 29.8 Å². The molecule has 2 rings (SSSR count). The smallest absolute Gasteiger partial charge is 0.246 e. The van der Waals surface area contributed by atoms with Crippen molar-refractivity contribution in [2.75, 3.05) is 31.6 Å². The largest absolute Gasteiger partial charge is 0.395 e. The minimum Gasteiger partial charge on any atom is -0.395 e. The van der Waals surface area contributed by atoms with E-state index in [4.69, 9.17) is 11.6 Å². The molecule has 0 fully saturated rings. The summed E-state index contributed by atoms with van der Waals surface area (Å²) < 4.78 is 0. The Hall–Kier alpha value is -1.92. The van der Waals surface area contributed by atoms with Crippen molar-refractivity contribution in [2.45, 2.75) is 6.04 Å². The molecule has 0 heterocycles. The molecule has 0 saturated heterocycles. The van der Waals surface area contributed by atoms with Gasteiger partial charge in [-0.15, -0.1) is 0 Å². The zero-order valence-electron chi connectivity index (χ0n) is 13.2. The summed E-state index contributed by atoms with van der Waals surface area (Å²) in [7, 11) is 0. The SMILES string of the molecule is O=C(Nc1ccc(Cl)cc1)[C@H](c1ccccc1)N(CCO)CCO. The highest BCUT2D eigenvalue weighted by molar-refractivity contribution is 6.30. The maximum Gasteiger partial charge on any atom is 0.246 e. The summed E-state index contributed by atoms with van der Waals surface area (Å²) in [6, 6.07) is 15.5. The molecule has 0 aliphatic rings. The molecule has 0 saturated carbocycles. The third-order valence-electron chi connectivity index (χ3n) is 3.61. The van der Waals surface area contributed by atoms with Crippen LogP contribution in [0.4, 0.5) is 5.69 Å². The summed E-state index contributed by atoms with van der Waals surface area (Å²) in [6.45, 7) is 0.372. The normalized spacial score (nSPS) is 12.2. The van der Waals surface area contributed by atoms with Crippen molar-refractivity contribution in [3.63, 3.8) is 0 Å². The number of aliphatic hydroxyl groups is 2. The lowest BCUT2D eigenvalue weighted by Crippen LogP contribution is -2.40. The Morgan fingerprint density at radius 3 is 2.12 bits per heavy atom. The average molecular weight is 349 g/mol. The van der Waals surface area contributed by atoms with E-state index in [-0.39, 0.29) is 32.2 Å². The number of anilines is 1. The van der Waals surface area contributed by atoms with E-state index in [0.29, 0.717) is 10.7 Å². The predicted molar refractivity (Wildman–Crippen MR) is 95.0 cm³/mol. The minimum atomic E-state index is -0.610. The second-order valence-corrected chi connectivity index (χ2v) is 5.73. The first-order valence-electron chi connectivity index (χ1n) is 7.73. The standard InChI is InChI=1S/C18H21ClN2O3/c19-15-6-8-16(9-7-15)20-18(24)17(14-4-2-1-3-5-14)21(10-12-22)11-13-23/h1-9,17,22-23H,10-13H2,(H,20,24)/t17-/m0/s1. The van der Waals surface area contributed by atoms with Crippen LogP contribution in [0.2, 0.25) is 5.02 Å². The van der Waals surface area contributed by atoms with Crippen molar-refractivity contribution >= 4 is 23.2 Å². The van der Waals surface area contributed by atoms with Crippen molar-refractivity contribution < 1.29 is 15.0 Å². The minimum absolute atomic E-state index is 0.0996. The number of nitrogens with one attached hydrogen (secondary N) is 1. The molecule has 0 spiro atoms. The first-order valence-corrected chi connectivity index (χ1v) is 8.10. The predicted octanol–water partition coefficient (Wildman–Crippen LogP) is 2.31. The third kappa shape index (κ3) is 5.04. The molecule has 0 aliphatic heterocycles. The molecule has 6 heteroatoms. The third-order valence-corrected chi connectivity index (χ3v) is 3.87. The maximum atomic E-state index is 12.8. The van der Waals surface area contributed by atoms with Crippen LogP contribution in [-0.4, -0.2) is 47.3 Å². The van der Waals surface area contributed by atoms with Crippen LogP contribution >= 0.6 is 11.6 Å². The molecule has 0 aliphatic carbocycles. The van der Waals surface area contributed by atoms with E-state index in [0.717, 1.165) is 5.56 Å². The monoisotopic (exact) mass is 348 g/mol. The molecule has 0 unspecified atom stereocenters. The number of hydrogen-bond donors (Lipinski definition) is 3. The van der Waals surface area contributed by atoms with Gasteiger partial charge in [0.1, 0.15) is 6.04 Å². The van der Waals surface area contributed by atoms with Crippen molar-refractivity contribution in [3.05, 3.63) is 65.2 Å². The highest BCUT2D eigenvalue weighted by atomic mass is 35.5. The summed E-state index contributed by atoms with van der Waals surface area (Å²) >= 11 is 5.86. The number of nitrogens with zero attached hydrogens (tertiary/aromatic N) is 1. The van der Waals surface area contributed by atoms with Crippen LogP contribution in [0, 0.1) is 0 Å². The Morgan fingerprint density at radius 1 is 1.00 bits per heavy atom. The number of rotatable bonds is 8. The Labute approximate surface area is 146 Å². The van der Waals surface area contributed by atoms with E-state index in [1.54, 1.807) is 29.2 Å². The van der Waals surface area contributed by atoms with Gasteiger partial charge in [0, 0.05) is 23.8 Å². The second-order valence-electron chi connectivity index (χ2n) is 5.29. The molecule has 128 valence electrons. The fourth-order valence-electron chi connectivity index (χ4n) is 2.53. The molecule has 1 amide bonds. The van der Waals surface area contributed by atoms with Gasteiger partial charge in [0.15, 0.2) is 0 Å². The van der Waals surface area contributed by atoms with Gasteiger partial charge in [0.25, 0.3) is 0 Å². The molecule has 1 atom stereocenters. The number of hydrogen-bond acceptors (Lipinski definition) is 4. The van der Waals surface area contributed by atoms with Gasteiger partial charge in [-0.25, -0.2) is 0 Å². The number of carbonyl (C=O) groups excluding carboxylic acids is 1. The molecule has 24 heavy (non-hydrogen) atoms. The Kier molecular flexibility index (Phi) is 7.21. The van der Waals surface area contributed by atoms with Gasteiger partial charge >= 0.3 is 0 Å². The van der Waals surface area contributed by atoms with Gasteiger partial charge in [-0.2, -0.15) is 0 Å². The molecule has 3 N–H and O–H groups in total. The fraction of sp³-hybridized carbons (Fsp3) is 0.278. The van der Waals surface area contributed by atoms with Crippen molar-refractivity contribution in [1.29, 1.82) is 0 Å². The molecular weight excluding hydrogens is 328 g/mol. The molecule has 0 radical (unpaired) electrons. The number of aliphatic hydroxyl groups excluding tert-OH is 2. The summed E-state index contributed by atoms with van der Waals surface area (Å²) in [6.07, 6.45) is 0. The zero-order chi connectivity index (χ0) is 17.4. The van der Waals surface area contributed by atoms with Crippen molar-refractivity contribution in [2.24, 2.45) is 0 Å². The van der Waals surface area contributed by atoms with E-state index in [1.807, 2.05) is 30.3 Å². The molecular formula is C18H21ClN2O3. The fourth-order valence-corrected chi connectivity index (χ4v) is 2.66. The average Bonchev–Trinajstić information content (AvgIpc) is 2.58. The topological polar surface area (TPSA) is 72.8 Å². The van der Waals surface area contributed by atoms with Crippen LogP contribution in [0.1, 0.15) is 11.6 Å². The van der Waals surface area contributed by atoms with Gasteiger partial charge in [0.05, 0.1) is 13.2 Å². The highest BCUT2D eigenvalue weighted by Gasteiger charge is 2.27. The van der Waals surface area contributed by atoms with Crippen molar-refractivity contribution in [3.8, 4) is 0 Å². The van der Waals surface area contributed by atoms with E-state index in [2.05, 4.69) is 5.32 Å². The lowest BCUT2D eigenvalue weighted by molar-refractivity contribution is -0.121. The van der Waals surface area contributed by atoms with Crippen molar-refractivity contribution in [1.82, 2.24) is 4.90 Å². The Bertz CT molecular complexity index is 628. The Morgan fingerprint density at radius 2 is 1.58 bits per heavy atom. The van der Waals surface area contributed by atoms with E-state index in [1.165, 1.54) is 0 Å². The first kappa shape index (κ1) is 18.4. The lowest BCUT2D eigenvalue weighted by Gasteiger charge is -2.30. The number of halogens is 1. The molecule has 2 aromatic carbocycles. The number of amides is 1. The maximum absolute atomic E-state index is 12.8. The molecule has 0 bridgehead atoms. The van der Waals surface area contributed by atoms with Crippen LogP contribution in [-0.2, 0) is 4.79 Å². The summed E-state index contributed by atoms with van der Waals surface area (Å²) in [5, 5.41) is 22.0. The van der Waals surface area contributed by atoms with E-state index in [9.17, 15) is 15.0 Å². The summed E-state index contributed by atoms with van der Waals surface area (Å²) in [5.41, 5.74) is 1.43. The van der Waals surface area contributed by atoms with Gasteiger partial charge in [0.2, 0.25) is 5.91 Å². The van der Waals surface area contributed by atoms with Crippen LogP contribution in [0.5, 0.6) is 0 Å². The van der Waals surface area contributed by atoms with Gasteiger partial charge < -0.3 is 15.5 Å².